The molecule has 1 aromatic rings. The molecule has 0 radical (unpaired) electrons. The Hall–Kier alpha value is -1.77. The summed E-state index contributed by atoms with van der Waals surface area (Å²) < 4.78 is 5.25. The lowest BCUT2D eigenvalue weighted by molar-refractivity contribution is 0.158. The van der Waals surface area contributed by atoms with Gasteiger partial charge in [0.2, 0.25) is 0 Å². The van der Waals surface area contributed by atoms with E-state index in [2.05, 4.69) is 6.58 Å². The van der Waals surface area contributed by atoms with Crippen LogP contribution in [-0.4, -0.2) is 17.5 Å². The predicted molar refractivity (Wildman–Crippen MR) is 62.2 cm³/mol. The number of rotatable bonds is 1. The number of piperidine rings is 1. The molecule has 3 heteroatoms. The van der Waals surface area contributed by atoms with Crippen molar-refractivity contribution >= 4 is 6.09 Å². The SMILES string of the molecule is C=C1CCCCN1C(=O)Oc1ccccc1. The van der Waals surface area contributed by atoms with Crippen LogP contribution in [0.25, 0.3) is 0 Å². The second kappa shape index (κ2) is 4.84. The van der Waals surface area contributed by atoms with Crippen LogP contribution in [-0.2, 0) is 0 Å². The normalized spacial score (nSPS) is 16.0. The Morgan fingerprint density at radius 2 is 2.00 bits per heavy atom. The summed E-state index contributed by atoms with van der Waals surface area (Å²) in [5.74, 6) is 0.575. The van der Waals surface area contributed by atoms with Gasteiger partial charge in [-0.3, -0.25) is 4.90 Å². The molecular formula is C13H15NO2. The minimum absolute atomic E-state index is 0.323. The van der Waals surface area contributed by atoms with Gasteiger partial charge in [-0.05, 0) is 31.4 Å². The van der Waals surface area contributed by atoms with E-state index in [1.54, 1.807) is 17.0 Å². The molecule has 1 saturated heterocycles. The van der Waals surface area contributed by atoms with E-state index in [0.717, 1.165) is 25.0 Å². The predicted octanol–water partition coefficient (Wildman–Crippen LogP) is 3.19. The van der Waals surface area contributed by atoms with E-state index in [-0.39, 0.29) is 6.09 Å². The highest BCUT2D eigenvalue weighted by Crippen LogP contribution is 2.20. The number of allylic oxidation sites excluding steroid dienone is 1. The standard InChI is InChI=1S/C13H15NO2/c1-11-7-5-6-10-14(11)13(15)16-12-8-3-2-4-9-12/h2-4,8-9H,1,5-7,10H2. The zero-order valence-electron chi connectivity index (χ0n) is 9.19. The van der Waals surface area contributed by atoms with Crippen LogP contribution < -0.4 is 4.74 Å². The van der Waals surface area contributed by atoms with Gasteiger partial charge in [-0.1, -0.05) is 24.8 Å². The van der Waals surface area contributed by atoms with E-state index in [0.29, 0.717) is 12.3 Å². The van der Waals surface area contributed by atoms with E-state index in [4.69, 9.17) is 4.74 Å². The van der Waals surface area contributed by atoms with Crippen LogP contribution >= 0.6 is 0 Å². The Morgan fingerprint density at radius 3 is 2.69 bits per heavy atom. The van der Waals surface area contributed by atoms with Crippen molar-refractivity contribution in [2.75, 3.05) is 6.54 Å². The van der Waals surface area contributed by atoms with E-state index in [9.17, 15) is 4.79 Å². The first-order valence-corrected chi connectivity index (χ1v) is 5.49. The van der Waals surface area contributed by atoms with Crippen LogP contribution in [0.1, 0.15) is 19.3 Å². The monoisotopic (exact) mass is 217 g/mol. The second-order valence-corrected chi connectivity index (χ2v) is 3.86. The molecule has 0 aromatic heterocycles. The van der Waals surface area contributed by atoms with Gasteiger partial charge >= 0.3 is 6.09 Å². The van der Waals surface area contributed by atoms with Gasteiger partial charge < -0.3 is 4.74 Å². The smallest absolute Gasteiger partial charge is 0.410 e. The summed E-state index contributed by atoms with van der Waals surface area (Å²) in [6.07, 6.45) is 2.68. The van der Waals surface area contributed by atoms with Crippen LogP contribution in [0.4, 0.5) is 4.79 Å². The number of carbonyl (C=O) groups excluding carboxylic acids is 1. The van der Waals surface area contributed by atoms with Gasteiger partial charge in [0.05, 0.1) is 0 Å². The molecule has 1 heterocycles. The second-order valence-electron chi connectivity index (χ2n) is 3.86. The minimum Gasteiger partial charge on any atom is -0.410 e. The first kappa shape index (κ1) is 10.7. The fourth-order valence-electron chi connectivity index (χ4n) is 1.76. The number of nitrogens with zero attached hydrogens (tertiary/aromatic N) is 1. The van der Waals surface area contributed by atoms with Crippen molar-refractivity contribution in [3.8, 4) is 5.75 Å². The number of hydrogen-bond acceptors (Lipinski definition) is 2. The number of carbonyl (C=O) groups is 1. The molecular weight excluding hydrogens is 202 g/mol. The fraction of sp³-hybridized carbons (Fsp3) is 0.308. The van der Waals surface area contributed by atoms with Gasteiger partial charge in [0, 0.05) is 12.2 Å². The average molecular weight is 217 g/mol. The van der Waals surface area contributed by atoms with E-state index in [1.807, 2.05) is 18.2 Å². The first-order chi connectivity index (χ1) is 7.77. The third-order valence-electron chi connectivity index (χ3n) is 2.65. The van der Waals surface area contributed by atoms with Crippen molar-refractivity contribution in [2.24, 2.45) is 0 Å². The summed E-state index contributed by atoms with van der Waals surface area (Å²) >= 11 is 0. The van der Waals surface area contributed by atoms with Crippen LogP contribution in [0.5, 0.6) is 5.75 Å². The first-order valence-electron chi connectivity index (χ1n) is 5.49. The molecule has 0 bridgehead atoms. The van der Waals surface area contributed by atoms with Gasteiger partial charge in [0.1, 0.15) is 5.75 Å². The molecule has 1 fully saturated rings. The number of para-hydroxylation sites is 1. The van der Waals surface area contributed by atoms with Crippen molar-refractivity contribution in [2.45, 2.75) is 19.3 Å². The van der Waals surface area contributed by atoms with Crippen LogP contribution in [0.15, 0.2) is 42.6 Å². The van der Waals surface area contributed by atoms with Gasteiger partial charge in [-0.25, -0.2) is 4.79 Å². The summed E-state index contributed by atoms with van der Waals surface area (Å²) in [6, 6.07) is 9.10. The number of amides is 1. The molecule has 0 N–H and O–H groups in total. The molecule has 3 nitrogen and oxygen atoms in total. The summed E-state index contributed by atoms with van der Waals surface area (Å²) in [5, 5.41) is 0. The van der Waals surface area contributed by atoms with E-state index < -0.39 is 0 Å². The Labute approximate surface area is 95.3 Å². The van der Waals surface area contributed by atoms with Crippen LogP contribution in [0, 0.1) is 0 Å². The van der Waals surface area contributed by atoms with Crippen molar-refractivity contribution in [3.63, 3.8) is 0 Å². The van der Waals surface area contributed by atoms with Crippen molar-refractivity contribution in [3.05, 3.63) is 42.6 Å². The molecule has 0 spiro atoms. The molecule has 0 unspecified atom stereocenters. The minimum atomic E-state index is -0.323. The van der Waals surface area contributed by atoms with Crippen LogP contribution in [0.3, 0.4) is 0 Å². The maximum Gasteiger partial charge on any atom is 0.419 e. The lowest BCUT2D eigenvalue weighted by Crippen LogP contribution is -2.35. The molecule has 1 aliphatic rings. The molecule has 1 aromatic carbocycles. The number of ether oxygens (including phenoxy) is 1. The molecule has 0 atom stereocenters. The number of benzene rings is 1. The third-order valence-corrected chi connectivity index (χ3v) is 2.65. The van der Waals surface area contributed by atoms with Gasteiger partial charge in [0.15, 0.2) is 0 Å². The maximum absolute atomic E-state index is 11.8. The molecule has 84 valence electrons. The molecule has 0 aliphatic carbocycles. The summed E-state index contributed by atoms with van der Waals surface area (Å²) in [7, 11) is 0. The van der Waals surface area contributed by atoms with E-state index in [1.165, 1.54) is 0 Å². The Balaban J connectivity index is 2.00. The molecule has 1 aliphatic heterocycles. The Kier molecular flexibility index (Phi) is 3.25. The summed E-state index contributed by atoms with van der Waals surface area (Å²) in [5.41, 5.74) is 0.854. The van der Waals surface area contributed by atoms with Gasteiger partial charge in [0.25, 0.3) is 0 Å². The maximum atomic E-state index is 11.8. The topological polar surface area (TPSA) is 29.5 Å². The largest absolute Gasteiger partial charge is 0.419 e. The van der Waals surface area contributed by atoms with E-state index >= 15 is 0 Å². The lowest BCUT2D eigenvalue weighted by Gasteiger charge is -2.27. The molecule has 1 amide bonds. The molecule has 2 rings (SSSR count). The Morgan fingerprint density at radius 1 is 1.25 bits per heavy atom. The average Bonchev–Trinajstić information content (AvgIpc) is 2.31. The van der Waals surface area contributed by atoms with Crippen LogP contribution in [0.2, 0.25) is 0 Å². The lowest BCUT2D eigenvalue weighted by atomic mass is 10.1. The fourth-order valence-corrected chi connectivity index (χ4v) is 1.76. The zero-order chi connectivity index (χ0) is 11.4. The highest BCUT2D eigenvalue weighted by Gasteiger charge is 2.21. The third kappa shape index (κ3) is 2.42. The quantitative estimate of drug-likeness (QED) is 0.723. The number of likely N-dealkylation sites (tertiary alicyclic amines) is 1. The summed E-state index contributed by atoms with van der Waals surface area (Å²) in [4.78, 5) is 13.4. The van der Waals surface area contributed by atoms with Crippen molar-refractivity contribution in [1.82, 2.24) is 4.90 Å². The van der Waals surface area contributed by atoms with Crippen molar-refractivity contribution < 1.29 is 9.53 Å². The highest BCUT2D eigenvalue weighted by atomic mass is 16.6. The number of hydrogen-bond donors (Lipinski definition) is 0. The zero-order valence-corrected chi connectivity index (χ0v) is 9.19. The Bertz CT molecular complexity index is 386. The highest BCUT2D eigenvalue weighted by molar-refractivity contribution is 5.72. The van der Waals surface area contributed by atoms with Gasteiger partial charge in [-0.2, -0.15) is 0 Å². The summed E-state index contributed by atoms with van der Waals surface area (Å²) in [6.45, 7) is 4.60. The van der Waals surface area contributed by atoms with Gasteiger partial charge in [-0.15, -0.1) is 0 Å². The molecule has 16 heavy (non-hydrogen) atoms. The van der Waals surface area contributed by atoms with Crippen molar-refractivity contribution in [1.29, 1.82) is 0 Å². The molecule has 0 saturated carbocycles.